The van der Waals surface area contributed by atoms with Gasteiger partial charge in [0.05, 0.1) is 6.54 Å². The van der Waals surface area contributed by atoms with Gasteiger partial charge in [-0.3, -0.25) is 4.79 Å². The highest BCUT2D eigenvalue weighted by atomic mass is 16.7. The number of rotatable bonds is 5. The quantitative estimate of drug-likeness (QED) is 0.632. The summed E-state index contributed by atoms with van der Waals surface area (Å²) < 4.78 is 0. The van der Waals surface area contributed by atoms with Gasteiger partial charge in [0.25, 0.3) is 5.91 Å². The normalized spacial score (nSPS) is 16.1. The first kappa shape index (κ1) is 11.0. The Morgan fingerprint density at radius 2 is 2.29 bits per heavy atom. The van der Waals surface area contributed by atoms with Gasteiger partial charge in [-0.05, 0) is 12.8 Å². The minimum Gasteiger partial charge on any atom is -0.338 e. The fraction of sp³-hybridized carbons (Fsp3) is 0.800. The lowest BCUT2D eigenvalue weighted by molar-refractivity contribution is -0.192. The zero-order valence-corrected chi connectivity index (χ0v) is 8.62. The molecule has 0 unspecified atom stereocenters. The Bertz CT molecular complexity index is 215. The number of unbranched alkanes of at least 4 members (excludes halogenated alkanes) is 2. The van der Waals surface area contributed by atoms with Gasteiger partial charge in [-0.15, -0.1) is 0 Å². The number of carbonyl (C=O) groups excluding carboxylic acids is 2. The highest BCUT2D eigenvalue weighted by Gasteiger charge is 2.23. The van der Waals surface area contributed by atoms with Crippen molar-refractivity contribution in [2.75, 3.05) is 6.54 Å². The Kier molecular flexibility index (Phi) is 4.43. The van der Waals surface area contributed by atoms with Crippen LogP contribution in [0.4, 0.5) is 0 Å². The van der Waals surface area contributed by atoms with E-state index in [0.29, 0.717) is 19.4 Å². The molecular formula is C10H17NO3. The topological polar surface area (TPSA) is 46.6 Å². The first-order valence-electron chi connectivity index (χ1n) is 5.25. The molecule has 0 atom stereocenters. The van der Waals surface area contributed by atoms with Gasteiger partial charge in [-0.2, -0.15) is 5.06 Å². The first-order chi connectivity index (χ1) is 6.74. The molecule has 1 rings (SSSR count). The van der Waals surface area contributed by atoms with Gasteiger partial charge < -0.3 is 4.84 Å². The average Bonchev–Trinajstić information content (AvgIpc) is 2.52. The van der Waals surface area contributed by atoms with Crippen molar-refractivity contribution in [3.8, 4) is 0 Å². The lowest BCUT2D eigenvalue weighted by Crippen LogP contribution is -2.28. The van der Waals surface area contributed by atoms with Crippen LogP contribution in [0.2, 0.25) is 0 Å². The fourth-order valence-corrected chi connectivity index (χ4v) is 1.41. The van der Waals surface area contributed by atoms with E-state index in [4.69, 9.17) is 4.84 Å². The highest BCUT2D eigenvalue weighted by molar-refractivity contribution is 5.79. The van der Waals surface area contributed by atoms with E-state index in [-0.39, 0.29) is 11.9 Å². The predicted octanol–water partition coefficient (Wildman–Crippen LogP) is 1.65. The summed E-state index contributed by atoms with van der Waals surface area (Å²) in [6, 6.07) is 0. The number of hydroxylamine groups is 2. The van der Waals surface area contributed by atoms with Gasteiger partial charge in [0.15, 0.2) is 0 Å². The van der Waals surface area contributed by atoms with Crippen LogP contribution in [-0.4, -0.2) is 23.5 Å². The number of nitrogens with zero attached hydrogens (tertiary/aromatic N) is 1. The van der Waals surface area contributed by atoms with E-state index in [9.17, 15) is 9.59 Å². The molecule has 1 fully saturated rings. The minimum absolute atomic E-state index is 0.0751. The molecule has 1 saturated heterocycles. The van der Waals surface area contributed by atoms with Gasteiger partial charge in [-0.25, -0.2) is 4.79 Å². The average molecular weight is 199 g/mol. The fourth-order valence-electron chi connectivity index (χ4n) is 1.41. The van der Waals surface area contributed by atoms with Crippen LogP contribution in [0.15, 0.2) is 0 Å². The van der Waals surface area contributed by atoms with Crippen LogP contribution < -0.4 is 0 Å². The summed E-state index contributed by atoms with van der Waals surface area (Å²) in [6.45, 7) is 2.63. The Labute approximate surface area is 84.2 Å². The van der Waals surface area contributed by atoms with Crippen LogP contribution in [0, 0.1) is 0 Å². The van der Waals surface area contributed by atoms with E-state index in [1.165, 1.54) is 5.06 Å². The molecule has 1 amide bonds. The van der Waals surface area contributed by atoms with Crippen molar-refractivity contribution in [2.24, 2.45) is 0 Å². The van der Waals surface area contributed by atoms with Crippen molar-refractivity contribution < 1.29 is 14.4 Å². The number of amides is 1. The molecule has 0 spiro atoms. The Morgan fingerprint density at radius 1 is 1.50 bits per heavy atom. The summed E-state index contributed by atoms with van der Waals surface area (Å²) in [6.07, 6.45) is 4.66. The third kappa shape index (κ3) is 3.36. The molecule has 4 nitrogen and oxygen atoms in total. The van der Waals surface area contributed by atoms with Gasteiger partial charge in [-0.1, -0.05) is 19.8 Å². The second-order valence-electron chi connectivity index (χ2n) is 3.52. The molecule has 0 bridgehead atoms. The number of carbonyl (C=O) groups is 2. The summed E-state index contributed by atoms with van der Waals surface area (Å²) in [7, 11) is 0. The standard InChI is InChI=1S/C10H17NO3/c1-2-3-4-7-10(13)14-11-8-5-6-9(11)12/h2-8H2,1H3. The Hall–Kier alpha value is -1.06. The molecule has 80 valence electrons. The van der Waals surface area contributed by atoms with Crippen LogP contribution in [0.5, 0.6) is 0 Å². The summed E-state index contributed by atoms with van der Waals surface area (Å²) in [5, 5.41) is 1.19. The summed E-state index contributed by atoms with van der Waals surface area (Å²) >= 11 is 0. The lowest BCUT2D eigenvalue weighted by atomic mass is 10.2. The maximum atomic E-state index is 11.2. The van der Waals surface area contributed by atoms with Crippen molar-refractivity contribution in [3.63, 3.8) is 0 Å². The molecule has 0 aromatic carbocycles. The monoisotopic (exact) mass is 199 g/mol. The second kappa shape index (κ2) is 5.62. The molecule has 1 heterocycles. The van der Waals surface area contributed by atoms with Crippen molar-refractivity contribution >= 4 is 11.9 Å². The molecule has 4 heteroatoms. The van der Waals surface area contributed by atoms with E-state index in [1.54, 1.807) is 0 Å². The zero-order chi connectivity index (χ0) is 10.4. The molecule has 0 aromatic rings. The largest absolute Gasteiger partial charge is 0.338 e. The molecule has 0 aliphatic carbocycles. The van der Waals surface area contributed by atoms with Gasteiger partial charge in [0.2, 0.25) is 0 Å². The highest BCUT2D eigenvalue weighted by Crippen LogP contribution is 2.11. The van der Waals surface area contributed by atoms with Crippen LogP contribution in [-0.2, 0) is 14.4 Å². The zero-order valence-electron chi connectivity index (χ0n) is 8.62. The number of hydrogen-bond acceptors (Lipinski definition) is 3. The molecule has 0 radical (unpaired) electrons. The van der Waals surface area contributed by atoms with E-state index in [2.05, 4.69) is 6.92 Å². The maximum Gasteiger partial charge on any atom is 0.332 e. The van der Waals surface area contributed by atoms with Crippen LogP contribution in [0.3, 0.4) is 0 Å². The summed E-state index contributed by atoms with van der Waals surface area (Å²) in [4.78, 5) is 27.2. The van der Waals surface area contributed by atoms with Gasteiger partial charge in [0, 0.05) is 12.8 Å². The molecule has 0 N–H and O–H groups in total. The van der Waals surface area contributed by atoms with Crippen molar-refractivity contribution in [1.82, 2.24) is 5.06 Å². The van der Waals surface area contributed by atoms with Crippen molar-refractivity contribution in [1.29, 1.82) is 0 Å². The first-order valence-corrected chi connectivity index (χ1v) is 5.25. The van der Waals surface area contributed by atoms with E-state index < -0.39 is 0 Å². The van der Waals surface area contributed by atoms with Crippen LogP contribution in [0.25, 0.3) is 0 Å². The summed E-state index contributed by atoms with van der Waals surface area (Å²) in [5.74, 6) is -0.359. The van der Waals surface area contributed by atoms with Crippen molar-refractivity contribution in [2.45, 2.75) is 45.4 Å². The smallest absolute Gasteiger partial charge is 0.332 e. The third-order valence-electron chi connectivity index (χ3n) is 2.23. The van der Waals surface area contributed by atoms with E-state index >= 15 is 0 Å². The van der Waals surface area contributed by atoms with Crippen LogP contribution in [0.1, 0.15) is 45.4 Å². The maximum absolute atomic E-state index is 11.2. The molecule has 1 aliphatic heterocycles. The Balaban J connectivity index is 2.16. The second-order valence-corrected chi connectivity index (χ2v) is 3.52. The van der Waals surface area contributed by atoms with Gasteiger partial charge >= 0.3 is 5.97 Å². The van der Waals surface area contributed by atoms with E-state index in [0.717, 1.165) is 25.7 Å². The molecule has 1 aliphatic rings. The SMILES string of the molecule is CCCCCC(=O)ON1CCCC1=O. The molecular weight excluding hydrogens is 182 g/mol. The number of hydrogen-bond donors (Lipinski definition) is 0. The predicted molar refractivity (Wildman–Crippen MR) is 51.2 cm³/mol. The lowest BCUT2D eigenvalue weighted by Gasteiger charge is -2.13. The molecule has 0 aromatic heterocycles. The van der Waals surface area contributed by atoms with Crippen molar-refractivity contribution in [3.05, 3.63) is 0 Å². The molecule has 14 heavy (non-hydrogen) atoms. The van der Waals surface area contributed by atoms with Crippen LogP contribution >= 0.6 is 0 Å². The van der Waals surface area contributed by atoms with Gasteiger partial charge in [0.1, 0.15) is 0 Å². The summed E-state index contributed by atoms with van der Waals surface area (Å²) in [5.41, 5.74) is 0. The van der Waals surface area contributed by atoms with E-state index in [1.807, 2.05) is 0 Å². The third-order valence-corrected chi connectivity index (χ3v) is 2.23. The molecule has 0 saturated carbocycles. The Morgan fingerprint density at radius 3 is 2.86 bits per heavy atom. The minimum atomic E-state index is -0.284.